The first-order valence-corrected chi connectivity index (χ1v) is 8.69. The smallest absolute Gasteiger partial charge is 0.325 e. The SMILES string of the molecule is Cc1ncc(CNC(=O)CN2C(=O)NC(C)(c3ccc(F)cc3)C2=O)s1. The summed E-state index contributed by atoms with van der Waals surface area (Å²) < 4.78 is 13.1. The minimum atomic E-state index is -1.33. The molecule has 0 bridgehead atoms. The molecular weight excluding hydrogens is 359 g/mol. The van der Waals surface area contributed by atoms with Gasteiger partial charge >= 0.3 is 6.03 Å². The zero-order valence-corrected chi connectivity index (χ0v) is 15.0. The molecular formula is C17H17FN4O3S. The van der Waals surface area contributed by atoms with Crippen LogP contribution in [0.15, 0.2) is 30.5 Å². The molecule has 136 valence electrons. The summed E-state index contributed by atoms with van der Waals surface area (Å²) in [4.78, 5) is 42.8. The molecule has 7 nitrogen and oxygen atoms in total. The fourth-order valence-corrected chi connectivity index (χ4v) is 3.43. The number of rotatable bonds is 5. The minimum absolute atomic E-state index is 0.281. The number of urea groups is 1. The zero-order chi connectivity index (χ0) is 18.9. The van der Waals surface area contributed by atoms with E-state index in [4.69, 9.17) is 0 Å². The molecule has 2 N–H and O–H groups in total. The highest BCUT2D eigenvalue weighted by atomic mass is 32.1. The Labute approximate surface area is 153 Å². The molecule has 2 heterocycles. The molecule has 1 saturated heterocycles. The van der Waals surface area contributed by atoms with Crippen LogP contribution in [0.5, 0.6) is 0 Å². The van der Waals surface area contributed by atoms with Crippen molar-refractivity contribution in [1.29, 1.82) is 0 Å². The summed E-state index contributed by atoms with van der Waals surface area (Å²) in [7, 11) is 0. The van der Waals surface area contributed by atoms with Crippen LogP contribution >= 0.6 is 11.3 Å². The van der Waals surface area contributed by atoms with Crippen molar-refractivity contribution in [2.45, 2.75) is 25.9 Å². The van der Waals surface area contributed by atoms with Crippen LogP contribution in [-0.4, -0.2) is 34.3 Å². The second kappa shape index (κ2) is 6.83. The average molecular weight is 376 g/mol. The topological polar surface area (TPSA) is 91.4 Å². The van der Waals surface area contributed by atoms with Crippen LogP contribution in [0.1, 0.15) is 22.4 Å². The number of carbonyl (C=O) groups is 3. The summed E-state index contributed by atoms with van der Waals surface area (Å²) >= 11 is 1.46. The summed E-state index contributed by atoms with van der Waals surface area (Å²) in [6.07, 6.45) is 1.67. The van der Waals surface area contributed by atoms with Crippen LogP contribution in [0.4, 0.5) is 9.18 Å². The number of aryl methyl sites for hydroxylation is 1. The van der Waals surface area contributed by atoms with Gasteiger partial charge < -0.3 is 10.6 Å². The number of benzene rings is 1. The molecule has 1 aliphatic heterocycles. The van der Waals surface area contributed by atoms with Gasteiger partial charge in [0, 0.05) is 11.1 Å². The van der Waals surface area contributed by atoms with E-state index in [9.17, 15) is 18.8 Å². The molecule has 1 unspecified atom stereocenters. The highest BCUT2D eigenvalue weighted by Gasteiger charge is 2.49. The van der Waals surface area contributed by atoms with Gasteiger partial charge in [0.1, 0.15) is 17.9 Å². The van der Waals surface area contributed by atoms with Crippen LogP contribution in [-0.2, 0) is 21.7 Å². The third-order valence-corrected chi connectivity index (χ3v) is 5.04. The van der Waals surface area contributed by atoms with Crippen molar-refractivity contribution in [3.05, 3.63) is 51.7 Å². The number of hydrogen-bond acceptors (Lipinski definition) is 5. The van der Waals surface area contributed by atoms with Crippen LogP contribution in [0, 0.1) is 12.7 Å². The van der Waals surface area contributed by atoms with Gasteiger partial charge in [-0.25, -0.2) is 14.2 Å². The normalized spacial score (nSPS) is 19.6. The van der Waals surface area contributed by atoms with Crippen molar-refractivity contribution in [3.63, 3.8) is 0 Å². The Kier molecular flexibility index (Phi) is 4.73. The standard InChI is InChI=1S/C17H17FN4O3S/c1-10-19-7-13(26-10)8-20-14(23)9-22-15(24)17(2,21-16(22)25)11-3-5-12(18)6-4-11/h3-7H,8-9H2,1-2H3,(H,20,23)(H,21,25). The van der Waals surface area contributed by atoms with Gasteiger partial charge in [-0.2, -0.15) is 0 Å². The number of nitrogens with zero attached hydrogens (tertiary/aromatic N) is 2. The minimum Gasteiger partial charge on any atom is -0.350 e. The lowest BCUT2D eigenvalue weighted by Gasteiger charge is -2.22. The maximum Gasteiger partial charge on any atom is 0.325 e. The van der Waals surface area contributed by atoms with Crippen molar-refractivity contribution < 1.29 is 18.8 Å². The molecule has 1 aromatic heterocycles. The first-order chi connectivity index (χ1) is 12.3. The van der Waals surface area contributed by atoms with Crippen molar-refractivity contribution >= 4 is 29.2 Å². The fourth-order valence-electron chi connectivity index (χ4n) is 2.69. The quantitative estimate of drug-likeness (QED) is 0.777. The van der Waals surface area contributed by atoms with Gasteiger partial charge in [-0.05, 0) is 31.5 Å². The van der Waals surface area contributed by atoms with Gasteiger partial charge in [-0.15, -0.1) is 11.3 Å². The Balaban J connectivity index is 1.66. The molecule has 0 spiro atoms. The molecule has 1 aliphatic rings. The molecule has 0 radical (unpaired) electrons. The third kappa shape index (κ3) is 3.43. The molecule has 26 heavy (non-hydrogen) atoms. The maximum atomic E-state index is 13.1. The number of hydrogen-bond donors (Lipinski definition) is 2. The Morgan fingerprint density at radius 3 is 2.65 bits per heavy atom. The third-order valence-electron chi connectivity index (χ3n) is 4.13. The number of imide groups is 1. The molecule has 0 saturated carbocycles. The summed E-state index contributed by atoms with van der Waals surface area (Å²) in [6.45, 7) is 3.28. The molecule has 1 atom stereocenters. The number of carbonyl (C=O) groups excluding carboxylic acids is 3. The van der Waals surface area contributed by atoms with Crippen molar-refractivity contribution in [1.82, 2.24) is 20.5 Å². The predicted octanol–water partition coefficient (Wildman–Crippen LogP) is 1.67. The Bertz CT molecular complexity index is 867. The van der Waals surface area contributed by atoms with Crippen molar-refractivity contribution in [3.8, 4) is 0 Å². The van der Waals surface area contributed by atoms with E-state index in [1.54, 1.807) is 6.20 Å². The van der Waals surface area contributed by atoms with Gasteiger partial charge in [0.15, 0.2) is 0 Å². The van der Waals surface area contributed by atoms with Crippen LogP contribution in [0.2, 0.25) is 0 Å². The number of thiazole rings is 1. The van der Waals surface area contributed by atoms with Crippen LogP contribution in [0.25, 0.3) is 0 Å². The Morgan fingerprint density at radius 2 is 2.04 bits per heavy atom. The largest absolute Gasteiger partial charge is 0.350 e. The van der Waals surface area contributed by atoms with Gasteiger partial charge in [0.05, 0.1) is 11.6 Å². The molecule has 1 aromatic carbocycles. The first-order valence-electron chi connectivity index (χ1n) is 7.88. The second-order valence-corrected chi connectivity index (χ2v) is 7.39. The second-order valence-electron chi connectivity index (χ2n) is 6.08. The van der Waals surface area contributed by atoms with E-state index in [-0.39, 0.29) is 13.1 Å². The molecule has 9 heteroatoms. The van der Waals surface area contributed by atoms with E-state index in [1.165, 1.54) is 42.5 Å². The van der Waals surface area contributed by atoms with E-state index in [0.717, 1.165) is 14.8 Å². The zero-order valence-electron chi connectivity index (χ0n) is 14.2. The lowest BCUT2D eigenvalue weighted by molar-refractivity contribution is -0.134. The van der Waals surface area contributed by atoms with Gasteiger partial charge in [0.2, 0.25) is 5.91 Å². The van der Waals surface area contributed by atoms with Crippen molar-refractivity contribution in [2.24, 2.45) is 0 Å². The highest BCUT2D eigenvalue weighted by Crippen LogP contribution is 2.28. The van der Waals surface area contributed by atoms with Gasteiger partial charge in [-0.1, -0.05) is 12.1 Å². The lowest BCUT2D eigenvalue weighted by atomic mass is 9.92. The van der Waals surface area contributed by atoms with E-state index >= 15 is 0 Å². The van der Waals surface area contributed by atoms with E-state index < -0.39 is 29.2 Å². The Hall–Kier alpha value is -2.81. The maximum absolute atomic E-state index is 13.1. The number of halogens is 1. The number of amides is 4. The molecule has 3 rings (SSSR count). The van der Waals surface area contributed by atoms with Crippen LogP contribution in [0.3, 0.4) is 0 Å². The number of aromatic nitrogens is 1. The summed E-state index contributed by atoms with van der Waals surface area (Å²) in [5.41, 5.74) is -0.889. The summed E-state index contributed by atoms with van der Waals surface area (Å²) in [5, 5.41) is 6.13. The monoisotopic (exact) mass is 376 g/mol. The molecule has 1 fully saturated rings. The number of nitrogens with one attached hydrogen (secondary N) is 2. The Morgan fingerprint density at radius 1 is 1.35 bits per heavy atom. The van der Waals surface area contributed by atoms with E-state index in [0.29, 0.717) is 5.56 Å². The lowest BCUT2D eigenvalue weighted by Crippen LogP contribution is -2.43. The van der Waals surface area contributed by atoms with Crippen LogP contribution < -0.4 is 10.6 Å². The predicted molar refractivity (Wildman–Crippen MR) is 92.7 cm³/mol. The van der Waals surface area contributed by atoms with E-state index in [2.05, 4.69) is 15.6 Å². The fraction of sp³-hybridized carbons (Fsp3) is 0.294. The highest BCUT2D eigenvalue weighted by molar-refractivity contribution is 7.11. The van der Waals surface area contributed by atoms with Gasteiger partial charge in [-0.3, -0.25) is 14.5 Å². The van der Waals surface area contributed by atoms with Gasteiger partial charge in [0.25, 0.3) is 5.91 Å². The summed E-state index contributed by atoms with van der Waals surface area (Å²) in [5.74, 6) is -1.45. The first kappa shape index (κ1) is 18.0. The van der Waals surface area contributed by atoms with E-state index in [1.807, 2.05) is 6.92 Å². The molecule has 0 aliphatic carbocycles. The molecule has 4 amide bonds. The molecule has 2 aromatic rings. The average Bonchev–Trinajstić information content (AvgIpc) is 3.11. The van der Waals surface area contributed by atoms with Crippen molar-refractivity contribution in [2.75, 3.05) is 6.54 Å². The summed E-state index contributed by atoms with van der Waals surface area (Å²) in [6, 6.07) is 4.64.